The van der Waals surface area contributed by atoms with Gasteiger partial charge in [-0.3, -0.25) is 0 Å². The molecule has 2 aromatic carbocycles. The molecule has 5 N–H and O–H groups in total. The molecule has 0 heterocycles. The van der Waals surface area contributed by atoms with Gasteiger partial charge in [0.25, 0.3) is 0 Å². The predicted octanol–water partition coefficient (Wildman–Crippen LogP) is 3.27. The maximum atomic E-state index is 9.66. The van der Waals surface area contributed by atoms with Crippen molar-refractivity contribution in [2.24, 2.45) is 5.73 Å². The Kier molecular flexibility index (Phi) is 5.10. The first-order valence-electron chi connectivity index (χ1n) is 6.73. The van der Waals surface area contributed by atoms with Gasteiger partial charge in [0.05, 0.1) is 16.7 Å². The van der Waals surface area contributed by atoms with E-state index in [9.17, 15) is 10.4 Å². The quantitative estimate of drug-likeness (QED) is 0.457. The van der Waals surface area contributed by atoms with Crippen molar-refractivity contribution in [2.75, 3.05) is 5.73 Å². The van der Waals surface area contributed by atoms with Crippen LogP contribution in [0.2, 0.25) is 0 Å². The first-order chi connectivity index (χ1) is 10.5. The summed E-state index contributed by atoms with van der Waals surface area (Å²) < 4.78 is 0. The number of nitrogens with zero attached hydrogens (tertiary/aromatic N) is 1. The van der Waals surface area contributed by atoms with Crippen molar-refractivity contribution >= 4 is 23.0 Å². The summed E-state index contributed by atoms with van der Waals surface area (Å²) in [4.78, 5) is 0.805. The van der Waals surface area contributed by atoms with Crippen molar-refractivity contribution in [2.45, 2.75) is 17.9 Å². The van der Waals surface area contributed by atoms with Crippen molar-refractivity contribution in [1.82, 2.24) is 0 Å². The van der Waals surface area contributed by atoms with Crippen molar-refractivity contribution in [3.8, 4) is 6.07 Å². The molecule has 0 aliphatic carbocycles. The minimum atomic E-state index is -0.599. The van der Waals surface area contributed by atoms with Crippen LogP contribution >= 0.6 is 11.8 Å². The van der Waals surface area contributed by atoms with Crippen molar-refractivity contribution in [1.29, 1.82) is 5.26 Å². The summed E-state index contributed by atoms with van der Waals surface area (Å²) in [6.45, 7) is 1.68. The molecule has 0 amide bonds. The van der Waals surface area contributed by atoms with Crippen LogP contribution in [-0.2, 0) is 0 Å². The van der Waals surface area contributed by atoms with Crippen LogP contribution in [0.15, 0.2) is 58.5 Å². The minimum absolute atomic E-state index is 0.371. The fourth-order valence-electron chi connectivity index (χ4n) is 1.96. The van der Waals surface area contributed by atoms with Gasteiger partial charge < -0.3 is 16.6 Å². The van der Waals surface area contributed by atoms with Gasteiger partial charge >= 0.3 is 0 Å². The highest BCUT2D eigenvalue weighted by molar-refractivity contribution is 8.03. The summed E-state index contributed by atoms with van der Waals surface area (Å²) in [5.41, 5.74) is 14.4. The second-order valence-electron chi connectivity index (χ2n) is 4.79. The van der Waals surface area contributed by atoms with Crippen LogP contribution in [0.4, 0.5) is 5.69 Å². The Bertz CT molecular complexity index is 748. The number of nitriles is 1. The standard InChI is InChI=1S/C17H17N3OS/c1-11(21)12-5-4-6-13(9-12)14(10-18)17(20)22-16-8-3-2-7-15(16)19/h2-9,11,21H,19-20H2,1H3/b17-14+. The molecule has 0 radical (unpaired) electrons. The number of benzene rings is 2. The van der Waals surface area contributed by atoms with Crippen LogP contribution in [0, 0.1) is 11.3 Å². The second kappa shape index (κ2) is 7.03. The lowest BCUT2D eigenvalue weighted by Gasteiger charge is -2.10. The molecule has 22 heavy (non-hydrogen) atoms. The van der Waals surface area contributed by atoms with Gasteiger partial charge in [-0.2, -0.15) is 5.26 Å². The number of hydrogen-bond donors (Lipinski definition) is 3. The highest BCUT2D eigenvalue weighted by atomic mass is 32.2. The molecule has 2 aromatic rings. The number of anilines is 1. The Balaban J connectivity index is 2.40. The van der Waals surface area contributed by atoms with E-state index in [1.807, 2.05) is 24.3 Å². The van der Waals surface area contributed by atoms with E-state index in [0.29, 0.717) is 21.9 Å². The van der Waals surface area contributed by atoms with Crippen LogP contribution < -0.4 is 11.5 Å². The number of para-hydroxylation sites is 1. The average molecular weight is 311 g/mol. The maximum Gasteiger partial charge on any atom is 0.103 e. The summed E-state index contributed by atoms with van der Waals surface area (Å²) in [7, 11) is 0. The summed E-state index contributed by atoms with van der Waals surface area (Å²) in [6, 6.07) is 16.7. The molecule has 0 saturated carbocycles. The van der Waals surface area contributed by atoms with E-state index in [2.05, 4.69) is 6.07 Å². The number of nitrogens with two attached hydrogens (primary N) is 2. The van der Waals surface area contributed by atoms with Crippen molar-refractivity contribution in [3.05, 3.63) is 64.7 Å². The Labute approximate surface area is 134 Å². The van der Waals surface area contributed by atoms with E-state index < -0.39 is 6.10 Å². The number of nitrogen functional groups attached to an aromatic ring is 1. The van der Waals surface area contributed by atoms with Gasteiger partial charge in [0.1, 0.15) is 6.07 Å². The molecule has 0 bridgehead atoms. The third-order valence-electron chi connectivity index (χ3n) is 3.15. The van der Waals surface area contributed by atoms with Gasteiger partial charge in [-0.15, -0.1) is 0 Å². The lowest BCUT2D eigenvalue weighted by atomic mass is 10.0. The lowest BCUT2D eigenvalue weighted by Crippen LogP contribution is -2.00. The molecule has 0 aliphatic rings. The zero-order chi connectivity index (χ0) is 16.1. The summed E-state index contributed by atoms with van der Waals surface area (Å²) >= 11 is 1.26. The molecular weight excluding hydrogens is 294 g/mol. The van der Waals surface area contributed by atoms with E-state index in [0.717, 1.165) is 10.5 Å². The topological polar surface area (TPSA) is 96.1 Å². The number of thioether (sulfide) groups is 1. The van der Waals surface area contributed by atoms with Gasteiger partial charge in [-0.25, -0.2) is 0 Å². The van der Waals surface area contributed by atoms with Gasteiger partial charge in [0.2, 0.25) is 0 Å². The van der Waals surface area contributed by atoms with E-state index in [1.165, 1.54) is 11.8 Å². The number of allylic oxidation sites excluding steroid dienone is 1. The minimum Gasteiger partial charge on any atom is -0.398 e. The zero-order valence-electron chi connectivity index (χ0n) is 12.2. The van der Waals surface area contributed by atoms with Gasteiger partial charge in [0, 0.05) is 10.6 Å². The molecule has 112 valence electrons. The summed E-state index contributed by atoms with van der Waals surface area (Å²) in [5, 5.41) is 19.5. The average Bonchev–Trinajstić information content (AvgIpc) is 2.50. The van der Waals surface area contributed by atoms with Crippen LogP contribution in [0.3, 0.4) is 0 Å². The van der Waals surface area contributed by atoms with Crippen LogP contribution in [0.5, 0.6) is 0 Å². The van der Waals surface area contributed by atoms with Crippen LogP contribution in [0.25, 0.3) is 5.57 Å². The maximum absolute atomic E-state index is 9.66. The molecule has 4 nitrogen and oxygen atoms in total. The van der Waals surface area contributed by atoms with E-state index in [1.54, 1.807) is 31.2 Å². The predicted molar refractivity (Wildman–Crippen MR) is 90.5 cm³/mol. The first-order valence-corrected chi connectivity index (χ1v) is 7.55. The third kappa shape index (κ3) is 3.61. The van der Waals surface area contributed by atoms with Gasteiger partial charge in [0.15, 0.2) is 0 Å². The molecular formula is C17H17N3OS. The Morgan fingerprint density at radius 2 is 1.95 bits per heavy atom. The molecule has 0 saturated heterocycles. The monoisotopic (exact) mass is 311 g/mol. The number of aliphatic hydroxyl groups excluding tert-OH is 1. The normalized spacial score (nSPS) is 13.1. The van der Waals surface area contributed by atoms with Crippen LogP contribution in [0.1, 0.15) is 24.2 Å². The molecule has 0 aromatic heterocycles. The Hall–Kier alpha value is -2.42. The number of aliphatic hydroxyl groups is 1. The zero-order valence-corrected chi connectivity index (χ0v) is 13.0. The lowest BCUT2D eigenvalue weighted by molar-refractivity contribution is 0.199. The van der Waals surface area contributed by atoms with E-state index >= 15 is 0 Å². The molecule has 1 atom stereocenters. The van der Waals surface area contributed by atoms with Crippen molar-refractivity contribution in [3.63, 3.8) is 0 Å². The Morgan fingerprint density at radius 1 is 1.23 bits per heavy atom. The fraction of sp³-hybridized carbons (Fsp3) is 0.118. The van der Waals surface area contributed by atoms with Gasteiger partial charge in [-0.05, 0) is 36.2 Å². The largest absolute Gasteiger partial charge is 0.398 e. The summed E-state index contributed by atoms with van der Waals surface area (Å²) in [5.74, 6) is 0. The smallest absolute Gasteiger partial charge is 0.103 e. The van der Waals surface area contributed by atoms with Gasteiger partial charge in [-0.1, -0.05) is 42.1 Å². The SMILES string of the molecule is CC(O)c1cccc(/C(C#N)=C(\N)Sc2ccccc2N)c1. The first kappa shape index (κ1) is 16.0. The van der Waals surface area contributed by atoms with E-state index in [4.69, 9.17) is 11.5 Å². The molecule has 0 fully saturated rings. The fourth-order valence-corrected chi connectivity index (χ4v) is 2.79. The van der Waals surface area contributed by atoms with Crippen LogP contribution in [-0.4, -0.2) is 5.11 Å². The second-order valence-corrected chi connectivity index (χ2v) is 5.88. The highest BCUT2D eigenvalue weighted by Gasteiger charge is 2.11. The summed E-state index contributed by atoms with van der Waals surface area (Å²) in [6.07, 6.45) is -0.599. The third-order valence-corrected chi connectivity index (χ3v) is 4.17. The molecule has 2 rings (SSSR count). The Morgan fingerprint density at radius 3 is 2.59 bits per heavy atom. The molecule has 0 aliphatic heterocycles. The van der Waals surface area contributed by atoms with E-state index in [-0.39, 0.29) is 0 Å². The highest BCUT2D eigenvalue weighted by Crippen LogP contribution is 2.33. The number of hydrogen-bond acceptors (Lipinski definition) is 5. The number of rotatable bonds is 4. The molecule has 0 spiro atoms. The molecule has 1 unspecified atom stereocenters. The van der Waals surface area contributed by atoms with Crippen molar-refractivity contribution < 1.29 is 5.11 Å². The molecule has 5 heteroatoms.